The van der Waals surface area contributed by atoms with Gasteiger partial charge in [0.25, 0.3) is 0 Å². The van der Waals surface area contributed by atoms with Crippen molar-refractivity contribution in [1.29, 1.82) is 0 Å². The van der Waals surface area contributed by atoms with Crippen molar-refractivity contribution in [3.63, 3.8) is 0 Å². The van der Waals surface area contributed by atoms with Crippen molar-refractivity contribution in [1.82, 2.24) is 9.88 Å². The number of halogens is 1. The van der Waals surface area contributed by atoms with Gasteiger partial charge in [-0.3, -0.25) is 9.69 Å². The summed E-state index contributed by atoms with van der Waals surface area (Å²) in [5.74, 6) is -0.443. The predicted octanol–water partition coefficient (Wildman–Crippen LogP) is 0.586. The molecule has 7 heteroatoms. The third-order valence-corrected chi connectivity index (χ3v) is 4.32. The first-order chi connectivity index (χ1) is 10.1. The van der Waals surface area contributed by atoms with Gasteiger partial charge in [-0.2, -0.15) is 0 Å². The zero-order valence-electron chi connectivity index (χ0n) is 11.7. The van der Waals surface area contributed by atoms with Crippen molar-refractivity contribution < 1.29 is 19.0 Å². The predicted molar refractivity (Wildman–Crippen MR) is 73.8 cm³/mol. The monoisotopic (exact) mass is 295 g/mol. The first-order valence-corrected chi connectivity index (χ1v) is 7.04. The Kier molecular flexibility index (Phi) is 3.77. The molecule has 6 nitrogen and oxygen atoms in total. The van der Waals surface area contributed by atoms with Crippen molar-refractivity contribution in [2.24, 2.45) is 0 Å². The molecule has 0 aromatic carbocycles. The summed E-state index contributed by atoms with van der Waals surface area (Å²) in [6, 6.07) is 3.04. The van der Waals surface area contributed by atoms with Crippen LogP contribution in [0.15, 0.2) is 18.3 Å². The number of rotatable bonds is 3. The molecule has 1 aromatic rings. The fourth-order valence-electron chi connectivity index (χ4n) is 3.03. The van der Waals surface area contributed by atoms with E-state index in [0.29, 0.717) is 39.2 Å². The largest absolute Gasteiger partial charge is 0.480 e. The number of carboxylic acid groups (broad SMARTS) is 1. The van der Waals surface area contributed by atoms with Crippen LogP contribution in [0.1, 0.15) is 6.42 Å². The van der Waals surface area contributed by atoms with Crippen LogP contribution in [0, 0.1) is 5.82 Å². The molecule has 1 atom stereocenters. The second-order valence-electron chi connectivity index (χ2n) is 5.45. The molecule has 3 rings (SSSR count). The summed E-state index contributed by atoms with van der Waals surface area (Å²) in [4.78, 5) is 19.7. The molecule has 0 bridgehead atoms. The molecule has 0 saturated carbocycles. The minimum Gasteiger partial charge on any atom is -0.480 e. The van der Waals surface area contributed by atoms with E-state index in [1.807, 2.05) is 9.80 Å². The van der Waals surface area contributed by atoms with E-state index in [0.717, 1.165) is 5.82 Å². The van der Waals surface area contributed by atoms with Crippen molar-refractivity contribution >= 4 is 11.8 Å². The highest BCUT2D eigenvalue weighted by molar-refractivity contribution is 5.79. The molecule has 0 aliphatic carbocycles. The Hall–Kier alpha value is -1.73. The van der Waals surface area contributed by atoms with Gasteiger partial charge in [0.1, 0.15) is 17.2 Å². The van der Waals surface area contributed by atoms with Crippen molar-refractivity contribution in [3.05, 3.63) is 24.1 Å². The maximum Gasteiger partial charge on any atom is 0.326 e. The van der Waals surface area contributed by atoms with Gasteiger partial charge in [-0.1, -0.05) is 0 Å². The average molecular weight is 295 g/mol. The number of piperazine rings is 1. The molecular weight excluding hydrogens is 277 g/mol. The van der Waals surface area contributed by atoms with E-state index in [1.165, 1.54) is 12.3 Å². The normalized spacial score (nSPS) is 27.0. The topological polar surface area (TPSA) is 65.9 Å². The van der Waals surface area contributed by atoms with Crippen molar-refractivity contribution in [2.75, 3.05) is 44.3 Å². The van der Waals surface area contributed by atoms with E-state index >= 15 is 0 Å². The number of nitrogens with zero attached hydrogens (tertiary/aromatic N) is 3. The lowest BCUT2D eigenvalue weighted by Crippen LogP contribution is -2.61. The number of hydrogen-bond donors (Lipinski definition) is 1. The number of carbonyl (C=O) groups is 1. The van der Waals surface area contributed by atoms with Gasteiger partial charge in [0, 0.05) is 39.2 Å². The van der Waals surface area contributed by atoms with Gasteiger partial charge in [-0.05, 0) is 12.1 Å². The first-order valence-electron chi connectivity index (χ1n) is 7.04. The summed E-state index contributed by atoms with van der Waals surface area (Å²) < 4.78 is 18.2. The number of aromatic nitrogens is 1. The van der Waals surface area contributed by atoms with E-state index in [2.05, 4.69) is 4.98 Å². The molecule has 0 spiro atoms. The Morgan fingerprint density at radius 2 is 2.10 bits per heavy atom. The van der Waals surface area contributed by atoms with Crippen molar-refractivity contribution in [3.8, 4) is 0 Å². The first kappa shape index (κ1) is 14.2. The van der Waals surface area contributed by atoms with Gasteiger partial charge in [0.05, 0.1) is 12.8 Å². The fourth-order valence-corrected chi connectivity index (χ4v) is 3.03. The van der Waals surface area contributed by atoms with Crippen LogP contribution in [0.4, 0.5) is 10.2 Å². The fraction of sp³-hybridized carbons (Fsp3) is 0.571. The van der Waals surface area contributed by atoms with Crippen molar-refractivity contribution in [2.45, 2.75) is 12.0 Å². The molecule has 0 amide bonds. The molecule has 2 saturated heterocycles. The number of hydrogen-bond acceptors (Lipinski definition) is 5. The second kappa shape index (κ2) is 5.57. The van der Waals surface area contributed by atoms with E-state index < -0.39 is 11.5 Å². The lowest BCUT2D eigenvalue weighted by Gasteiger charge is -2.42. The zero-order chi connectivity index (χ0) is 14.9. The van der Waals surface area contributed by atoms with Crippen LogP contribution in [0.25, 0.3) is 0 Å². The van der Waals surface area contributed by atoms with Gasteiger partial charge < -0.3 is 14.7 Å². The molecule has 1 unspecified atom stereocenters. The minimum absolute atomic E-state index is 0.247. The molecule has 114 valence electrons. The van der Waals surface area contributed by atoms with Crippen LogP contribution in [-0.2, 0) is 9.53 Å². The van der Waals surface area contributed by atoms with E-state index in [4.69, 9.17) is 4.74 Å². The number of aliphatic carboxylic acids is 1. The lowest BCUT2D eigenvalue weighted by molar-refractivity contribution is -0.152. The quantitative estimate of drug-likeness (QED) is 0.880. The van der Waals surface area contributed by atoms with Crippen LogP contribution in [-0.4, -0.2) is 65.9 Å². The highest BCUT2D eigenvalue weighted by Crippen LogP contribution is 2.28. The molecule has 2 aliphatic heterocycles. The van der Waals surface area contributed by atoms with Crippen LogP contribution < -0.4 is 4.90 Å². The summed E-state index contributed by atoms with van der Waals surface area (Å²) in [7, 11) is 0. The van der Waals surface area contributed by atoms with Gasteiger partial charge in [0.15, 0.2) is 0 Å². The molecule has 21 heavy (non-hydrogen) atoms. The Morgan fingerprint density at radius 1 is 1.33 bits per heavy atom. The Morgan fingerprint density at radius 3 is 2.62 bits per heavy atom. The molecule has 1 N–H and O–H groups in total. The number of anilines is 1. The van der Waals surface area contributed by atoms with Crippen LogP contribution in [0.2, 0.25) is 0 Å². The molecule has 3 heterocycles. The van der Waals surface area contributed by atoms with Crippen LogP contribution in [0.5, 0.6) is 0 Å². The highest BCUT2D eigenvalue weighted by Gasteiger charge is 2.48. The smallest absolute Gasteiger partial charge is 0.326 e. The van der Waals surface area contributed by atoms with Gasteiger partial charge in [-0.25, -0.2) is 9.37 Å². The van der Waals surface area contributed by atoms with E-state index in [1.54, 1.807) is 6.07 Å². The number of pyridine rings is 1. The van der Waals surface area contributed by atoms with Crippen LogP contribution in [0.3, 0.4) is 0 Å². The number of ether oxygens (including phenoxy) is 1. The minimum atomic E-state index is -0.887. The molecule has 1 aromatic heterocycles. The summed E-state index contributed by atoms with van der Waals surface area (Å²) in [6.07, 6.45) is 1.72. The van der Waals surface area contributed by atoms with E-state index in [-0.39, 0.29) is 12.4 Å². The Bertz CT molecular complexity index is 509. The average Bonchev–Trinajstić information content (AvgIpc) is 2.99. The second-order valence-corrected chi connectivity index (χ2v) is 5.45. The third kappa shape index (κ3) is 2.58. The Labute approximate surface area is 122 Å². The Balaban J connectivity index is 1.67. The zero-order valence-corrected chi connectivity index (χ0v) is 11.7. The van der Waals surface area contributed by atoms with Gasteiger partial charge >= 0.3 is 5.97 Å². The van der Waals surface area contributed by atoms with E-state index in [9.17, 15) is 14.3 Å². The highest BCUT2D eigenvalue weighted by atomic mass is 19.1. The summed E-state index contributed by atoms with van der Waals surface area (Å²) in [6.45, 7) is 3.36. The lowest BCUT2D eigenvalue weighted by atomic mass is 9.95. The SMILES string of the molecule is O=C(O)C1(N2CCN(c3ccc(F)cn3)CC2)CCOC1. The molecule has 2 aliphatic rings. The molecule has 2 fully saturated rings. The summed E-state index contributed by atoms with van der Waals surface area (Å²) >= 11 is 0. The summed E-state index contributed by atoms with van der Waals surface area (Å²) in [5.41, 5.74) is -0.887. The molecule has 0 radical (unpaired) electrons. The van der Waals surface area contributed by atoms with Crippen LogP contribution >= 0.6 is 0 Å². The maximum atomic E-state index is 12.9. The van der Waals surface area contributed by atoms with Gasteiger partial charge in [0.2, 0.25) is 0 Å². The van der Waals surface area contributed by atoms with Gasteiger partial charge in [-0.15, -0.1) is 0 Å². The maximum absolute atomic E-state index is 12.9. The molecular formula is C14H18FN3O3. The number of carboxylic acids is 1. The third-order valence-electron chi connectivity index (χ3n) is 4.32. The summed E-state index contributed by atoms with van der Waals surface area (Å²) in [5, 5.41) is 9.54. The standard InChI is InChI=1S/C14H18FN3O3/c15-11-1-2-12(16-9-11)17-4-6-18(7-5-17)14(13(19)20)3-8-21-10-14/h1-2,9H,3-8,10H2,(H,19,20).